The second-order valence-corrected chi connectivity index (χ2v) is 7.39. The number of hydrogen-bond acceptors (Lipinski definition) is 6. The lowest BCUT2D eigenvalue weighted by Crippen LogP contribution is -2.36. The maximum absolute atomic E-state index is 9.48. The van der Waals surface area contributed by atoms with E-state index >= 15 is 0 Å². The van der Waals surface area contributed by atoms with E-state index in [-0.39, 0.29) is 0 Å². The Morgan fingerprint density at radius 1 is 1.28 bits per heavy atom. The van der Waals surface area contributed by atoms with E-state index in [0.717, 1.165) is 48.4 Å². The summed E-state index contributed by atoms with van der Waals surface area (Å²) in [6.07, 6.45) is 7.85. The first kappa shape index (κ1) is 19.0. The molecule has 6 heteroatoms. The van der Waals surface area contributed by atoms with Gasteiger partial charge >= 0.3 is 0 Å². The minimum absolute atomic E-state index is 0.314. The Morgan fingerprint density at radius 3 is 2.83 bits per heavy atom. The highest BCUT2D eigenvalue weighted by Gasteiger charge is 2.18. The van der Waals surface area contributed by atoms with E-state index in [9.17, 15) is 5.26 Å². The molecule has 2 aromatic heterocycles. The maximum Gasteiger partial charge on any atom is 0.212 e. The molecule has 1 aromatic carbocycles. The summed E-state index contributed by atoms with van der Waals surface area (Å²) in [7, 11) is 2.15. The summed E-state index contributed by atoms with van der Waals surface area (Å²) < 4.78 is 5.69. The molecule has 0 atom stereocenters. The van der Waals surface area contributed by atoms with Gasteiger partial charge < -0.3 is 20.0 Å². The van der Waals surface area contributed by atoms with Crippen molar-refractivity contribution < 1.29 is 4.42 Å². The van der Waals surface area contributed by atoms with E-state index in [0.29, 0.717) is 23.9 Å². The lowest BCUT2D eigenvalue weighted by Gasteiger charge is -2.29. The number of likely N-dealkylation sites (tertiary alicyclic amines) is 1. The number of para-hydroxylation sites is 1. The molecule has 0 spiro atoms. The Morgan fingerprint density at radius 2 is 2.07 bits per heavy atom. The van der Waals surface area contributed by atoms with E-state index in [1.165, 1.54) is 0 Å². The van der Waals surface area contributed by atoms with Gasteiger partial charge in [0.05, 0.1) is 6.20 Å². The van der Waals surface area contributed by atoms with Crippen molar-refractivity contribution in [3.8, 4) is 6.07 Å². The van der Waals surface area contributed by atoms with Crippen LogP contribution in [0.5, 0.6) is 0 Å². The predicted octanol–water partition coefficient (Wildman–Crippen LogP) is 4.33. The molecule has 1 aliphatic heterocycles. The van der Waals surface area contributed by atoms with Gasteiger partial charge in [0, 0.05) is 29.2 Å². The van der Waals surface area contributed by atoms with Crippen molar-refractivity contribution in [2.45, 2.75) is 18.9 Å². The van der Waals surface area contributed by atoms with Crippen LogP contribution in [-0.2, 0) is 0 Å². The monoisotopic (exact) mass is 387 g/mol. The fourth-order valence-corrected chi connectivity index (χ4v) is 3.62. The molecule has 2 N–H and O–H groups in total. The highest BCUT2D eigenvalue weighted by atomic mass is 16.3. The number of rotatable bonds is 6. The van der Waals surface area contributed by atoms with Gasteiger partial charge in [-0.3, -0.25) is 0 Å². The summed E-state index contributed by atoms with van der Waals surface area (Å²) in [6, 6.07) is 14.6. The molecule has 6 nitrogen and oxygen atoms in total. The van der Waals surface area contributed by atoms with Gasteiger partial charge in [-0.1, -0.05) is 30.4 Å². The Hall–Kier alpha value is -3.30. The molecule has 29 heavy (non-hydrogen) atoms. The van der Waals surface area contributed by atoms with E-state index in [2.05, 4.69) is 33.6 Å². The molecule has 0 unspecified atom stereocenters. The highest BCUT2D eigenvalue weighted by Crippen LogP contribution is 2.28. The summed E-state index contributed by atoms with van der Waals surface area (Å²) in [5.74, 6) is 1.14. The fraction of sp³-hybridized carbons (Fsp3) is 0.304. The first-order valence-corrected chi connectivity index (χ1v) is 9.96. The number of fused-ring (bicyclic) bond motifs is 1. The van der Waals surface area contributed by atoms with Gasteiger partial charge in [0.15, 0.2) is 5.58 Å². The molecule has 1 saturated heterocycles. The Kier molecular flexibility index (Phi) is 5.78. The molecule has 1 fully saturated rings. The second-order valence-electron chi connectivity index (χ2n) is 7.39. The normalized spacial score (nSPS) is 15.6. The highest BCUT2D eigenvalue weighted by molar-refractivity contribution is 5.90. The van der Waals surface area contributed by atoms with Crippen molar-refractivity contribution in [1.82, 2.24) is 9.88 Å². The molecule has 0 bridgehead atoms. The van der Waals surface area contributed by atoms with Gasteiger partial charge in [-0.15, -0.1) is 0 Å². The van der Waals surface area contributed by atoms with E-state index < -0.39 is 0 Å². The van der Waals surface area contributed by atoms with Crippen molar-refractivity contribution >= 4 is 28.6 Å². The van der Waals surface area contributed by atoms with Crippen molar-refractivity contribution in [3.05, 3.63) is 60.0 Å². The summed E-state index contributed by atoms with van der Waals surface area (Å²) in [5, 5.41) is 17.3. The van der Waals surface area contributed by atoms with Crippen molar-refractivity contribution in [3.63, 3.8) is 0 Å². The third-order valence-corrected chi connectivity index (χ3v) is 5.27. The van der Waals surface area contributed by atoms with Gasteiger partial charge in [0.2, 0.25) is 5.76 Å². The van der Waals surface area contributed by atoms with Crippen LogP contribution in [0, 0.1) is 11.3 Å². The van der Waals surface area contributed by atoms with Crippen LogP contribution in [0.25, 0.3) is 17.0 Å². The standard InChI is InChI=1S/C23H25N5O/c1-28-12-9-18(10-13-28)27-23-14-20-19(21(15-24)29-22(20)16-26-23)8-5-11-25-17-6-3-2-4-7-17/h2-8,14,16,18,25H,9-13H2,1H3,(H,26,27)/b8-5+. The van der Waals surface area contributed by atoms with Crippen molar-refractivity contribution in [1.29, 1.82) is 5.26 Å². The minimum Gasteiger partial charge on any atom is -0.443 e. The largest absolute Gasteiger partial charge is 0.443 e. The van der Waals surface area contributed by atoms with Crippen LogP contribution in [0.4, 0.5) is 11.5 Å². The summed E-state index contributed by atoms with van der Waals surface area (Å²) in [6.45, 7) is 2.84. The lowest BCUT2D eigenvalue weighted by atomic mass is 10.1. The number of nitriles is 1. The Labute approximate surface area is 170 Å². The topological polar surface area (TPSA) is 77.1 Å². The van der Waals surface area contributed by atoms with E-state index in [1.54, 1.807) is 6.20 Å². The molecule has 0 aliphatic carbocycles. The quantitative estimate of drug-likeness (QED) is 0.655. The van der Waals surface area contributed by atoms with Crippen LogP contribution in [0.1, 0.15) is 24.2 Å². The molecule has 0 saturated carbocycles. The molecule has 148 valence electrons. The Balaban J connectivity index is 1.51. The van der Waals surface area contributed by atoms with Gasteiger partial charge in [0.25, 0.3) is 0 Å². The number of benzene rings is 1. The number of anilines is 2. The molecular weight excluding hydrogens is 362 g/mol. The number of nitrogens with one attached hydrogen (secondary N) is 2. The fourth-order valence-electron chi connectivity index (χ4n) is 3.62. The van der Waals surface area contributed by atoms with Gasteiger partial charge in [-0.2, -0.15) is 5.26 Å². The number of hydrogen-bond donors (Lipinski definition) is 2. The third kappa shape index (κ3) is 4.58. The summed E-state index contributed by atoms with van der Waals surface area (Å²) in [4.78, 5) is 6.82. The molecule has 3 aromatic rings. The smallest absolute Gasteiger partial charge is 0.212 e. The van der Waals surface area contributed by atoms with Gasteiger partial charge in [-0.05, 0) is 51.2 Å². The molecule has 1 aliphatic rings. The van der Waals surface area contributed by atoms with Crippen LogP contribution < -0.4 is 10.6 Å². The summed E-state index contributed by atoms with van der Waals surface area (Å²) in [5.41, 5.74) is 2.49. The minimum atomic E-state index is 0.314. The van der Waals surface area contributed by atoms with Crippen LogP contribution >= 0.6 is 0 Å². The van der Waals surface area contributed by atoms with Crippen LogP contribution in [0.2, 0.25) is 0 Å². The number of nitrogens with zero attached hydrogens (tertiary/aromatic N) is 3. The molecule has 3 heterocycles. The third-order valence-electron chi connectivity index (χ3n) is 5.27. The number of piperidine rings is 1. The second kappa shape index (κ2) is 8.80. The summed E-state index contributed by atoms with van der Waals surface area (Å²) >= 11 is 0. The van der Waals surface area contributed by atoms with Gasteiger partial charge in [-0.25, -0.2) is 4.98 Å². The average Bonchev–Trinajstić information content (AvgIpc) is 3.10. The van der Waals surface area contributed by atoms with Crippen molar-refractivity contribution in [2.75, 3.05) is 37.3 Å². The molecular formula is C23H25N5O. The molecule has 4 rings (SSSR count). The van der Waals surface area contributed by atoms with E-state index in [1.807, 2.05) is 48.6 Å². The van der Waals surface area contributed by atoms with Crippen LogP contribution in [-0.4, -0.2) is 42.6 Å². The average molecular weight is 387 g/mol. The number of aromatic nitrogens is 1. The number of furan rings is 1. The SMILES string of the molecule is CN1CCC(Nc2cc3c(/C=C/CNc4ccccc4)c(C#N)oc3cn2)CC1. The predicted molar refractivity (Wildman–Crippen MR) is 117 cm³/mol. The zero-order chi connectivity index (χ0) is 20.1. The lowest BCUT2D eigenvalue weighted by molar-refractivity contribution is 0.263. The maximum atomic E-state index is 9.48. The number of pyridine rings is 1. The zero-order valence-corrected chi connectivity index (χ0v) is 16.6. The molecule has 0 amide bonds. The van der Waals surface area contributed by atoms with Crippen LogP contribution in [0.15, 0.2) is 53.1 Å². The first-order chi connectivity index (χ1) is 14.2. The van der Waals surface area contributed by atoms with Crippen LogP contribution in [0.3, 0.4) is 0 Å². The zero-order valence-electron chi connectivity index (χ0n) is 16.6. The first-order valence-electron chi connectivity index (χ1n) is 9.96. The van der Waals surface area contributed by atoms with E-state index in [4.69, 9.17) is 4.42 Å². The Bertz CT molecular complexity index is 1030. The van der Waals surface area contributed by atoms with Crippen molar-refractivity contribution in [2.24, 2.45) is 0 Å². The van der Waals surface area contributed by atoms with Gasteiger partial charge in [0.1, 0.15) is 11.9 Å². The molecule has 0 radical (unpaired) electrons.